The van der Waals surface area contributed by atoms with Crippen molar-refractivity contribution in [1.82, 2.24) is 15.0 Å². The third-order valence-electron chi connectivity index (χ3n) is 3.67. The third-order valence-corrected chi connectivity index (χ3v) is 7.80. The summed E-state index contributed by atoms with van der Waals surface area (Å²) in [6.45, 7) is 8.89. The van der Waals surface area contributed by atoms with Gasteiger partial charge in [0.05, 0.1) is 0 Å². The number of hydrogen-bond donors (Lipinski definition) is 1. The predicted molar refractivity (Wildman–Crippen MR) is 134 cm³/mol. The Balaban J connectivity index is 2.90. The van der Waals surface area contributed by atoms with Crippen molar-refractivity contribution in [2.24, 2.45) is 0 Å². The smallest absolute Gasteiger partial charge is 0.252 e. The van der Waals surface area contributed by atoms with Crippen LogP contribution in [0.3, 0.4) is 0 Å². The summed E-state index contributed by atoms with van der Waals surface area (Å²) < 4.78 is 5.54. The van der Waals surface area contributed by atoms with Crippen LogP contribution >= 0.6 is 47.6 Å². The number of unbranched alkanes of at least 4 members (excludes halogenated alkanes) is 4. The molecular weight excluding hydrogens is 427 g/mol. The summed E-state index contributed by atoms with van der Waals surface area (Å²) in [7, 11) is 0. The van der Waals surface area contributed by atoms with Gasteiger partial charge in [-0.25, -0.2) is 3.71 Å². The predicted octanol–water partition coefficient (Wildman–Crippen LogP) is 7.33. The van der Waals surface area contributed by atoms with Crippen LogP contribution in [0.1, 0.15) is 79.1 Å². The molecule has 9 heteroatoms. The van der Waals surface area contributed by atoms with Crippen molar-refractivity contribution in [2.75, 3.05) is 31.4 Å². The van der Waals surface area contributed by atoms with E-state index in [1.54, 1.807) is 23.7 Å². The molecule has 0 saturated heterocycles. The zero-order valence-corrected chi connectivity index (χ0v) is 21.2. The molecule has 0 saturated carbocycles. The van der Waals surface area contributed by atoms with E-state index in [-0.39, 0.29) is 0 Å². The van der Waals surface area contributed by atoms with Crippen LogP contribution in [-0.4, -0.2) is 38.0 Å². The SMILES string of the molecule is CCCCSNc1nc(SCCCC)nc(N(SCCCC)SCCCC)n1. The normalized spacial score (nSPS) is 11.0. The summed E-state index contributed by atoms with van der Waals surface area (Å²) in [5.74, 6) is 5.75. The van der Waals surface area contributed by atoms with Crippen molar-refractivity contribution < 1.29 is 0 Å². The van der Waals surface area contributed by atoms with Crippen LogP contribution in [0.4, 0.5) is 11.9 Å². The Morgan fingerprint density at radius 3 is 1.89 bits per heavy atom. The van der Waals surface area contributed by atoms with E-state index < -0.39 is 0 Å². The van der Waals surface area contributed by atoms with Gasteiger partial charge in [0.1, 0.15) is 0 Å². The quantitative estimate of drug-likeness (QED) is 0.137. The molecule has 0 aliphatic heterocycles. The van der Waals surface area contributed by atoms with Crippen molar-refractivity contribution in [3.63, 3.8) is 0 Å². The monoisotopic (exact) mass is 463 g/mol. The Bertz CT molecular complexity index is 497. The average molecular weight is 464 g/mol. The Morgan fingerprint density at radius 1 is 0.714 bits per heavy atom. The third kappa shape index (κ3) is 11.9. The van der Waals surface area contributed by atoms with E-state index in [2.05, 4.69) is 41.1 Å². The van der Waals surface area contributed by atoms with Gasteiger partial charge < -0.3 is 0 Å². The fraction of sp³-hybridized carbons (Fsp3) is 0.842. The molecule has 1 heterocycles. The highest BCUT2D eigenvalue weighted by atomic mass is 32.2. The molecule has 162 valence electrons. The van der Waals surface area contributed by atoms with E-state index >= 15 is 0 Å². The maximum absolute atomic E-state index is 4.78. The molecule has 0 fully saturated rings. The standard InChI is InChI=1S/C19H37N5S4/c1-5-9-13-25-19-21-17(23-26-14-10-6-2)20-18(22-19)24(27-15-11-7-3)28-16-12-8-4/h5-16H2,1-4H3,(H,20,21,22,23). The first-order valence-corrected chi connectivity index (χ1v) is 14.4. The second kappa shape index (κ2) is 17.8. The van der Waals surface area contributed by atoms with Gasteiger partial charge in [0, 0.05) is 23.0 Å². The molecule has 1 aromatic heterocycles. The van der Waals surface area contributed by atoms with E-state index in [1.165, 1.54) is 51.4 Å². The van der Waals surface area contributed by atoms with Crippen molar-refractivity contribution in [2.45, 2.75) is 84.2 Å². The van der Waals surface area contributed by atoms with Crippen LogP contribution in [0.5, 0.6) is 0 Å². The first kappa shape index (κ1) is 26.0. The van der Waals surface area contributed by atoms with E-state index in [4.69, 9.17) is 9.97 Å². The minimum absolute atomic E-state index is 0.683. The molecule has 0 aliphatic carbocycles. The largest absolute Gasteiger partial charge is 0.298 e. The Labute approximate surface area is 189 Å². The zero-order chi connectivity index (χ0) is 20.5. The lowest BCUT2D eigenvalue weighted by Gasteiger charge is -2.20. The molecule has 0 radical (unpaired) electrons. The first-order valence-electron chi connectivity index (χ1n) is 10.6. The van der Waals surface area contributed by atoms with E-state index in [0.717, 1.165) is 34.1 Å². The molecular formula is C19H37N5S4. The maximum Gasteiger partial charge on any atom is 0.252 e. The van der Waals surface area contributed by atoms with Gasteiger partial charge in [-0.1, -0.05) is 77.1 Å². The van der Waals surface area contributed by atoms with Crippen LogP contribution in [0.15, 0.2) is 5.16 Å². The highest BCUT2D eigenvalue weighted by Gasteiger charge is 2.16. The molecule has 0 bridgehead atoms. The second-order valence-electron chi connectivity index (χ2n) is 6.38. The minimum Gasteiger partial charge on any atom is -0.298 e. The lowest BCUT2D eigenvalue weighted by Crippen LogP contribution is -2.13. The van der Waals surface area contributed by atoms with Crippen LogP contribution in [0, 0.1) is 0 Å². The first-order chi connectivity index (χ1) is 13.7. The van der Waals surface area contributed by atoms with E-state index in [1.807, 2.05) is 23.9 Å². The Kier molecular flexibility index (Phi) is 16.6. The van der Waals surface area contributed by atoms with Gasteiger partial charge >= 0.3 is 0 Å². The average Bonchev–Trinajstić information content (AvgIpc) is 2.70. The number of hydrogen-bond acceptors (Lipinski definition) is 9. The fourth-order valence-electron chi connectivity index (χ4n) is 1.91. The minimum atomic E-state index is 0.683. The molecule has 0 atom stereocenters. The highest BCUT2D eigenvalue weighted by Crippen LogP contribution is 2.31. The van der Waals surface area contributed by atoms with Crippen molar-refractivity contribution in [3.05, 3.63) is 0 Å². The highest BCUT2D eigenvalue weighted by molar-refractivity contribution is 8.18. The number of rotatable bonds is 18. The van der Waals surface area contributed by atoms with Gasteiger partial charge in [0.15, 0.2) is 5.16 Å². The topological polar surface area (TPSA) is 53.9 Å². The summed E-state index contributed by atoms with van der Waals surface area (Å²) in [5.41, 5.74) is 0. The van der Waals surface area contributed by atoms with Gasteiger partial charge in [-0.05, 0) is 49.6 Å². The van der Waals surface area contributed by atoms with Crippen LogP contribution in [0.25, 0.3) is 0 Å². The summed E-state index contributed by atoms with van der Waals surface area (Å²) in [6, 6.07) is 0. The van der Waals surface area contributed by atoms with Crippen LogP contribution in [0.2, 0.25) is 0 Å². The number of anilines is 2. The summed E-state index contributed by atoms with van der Waals surface area (Å²) in [6.07, 6.45) is 9.58. The fourth-order valence-corrected chi connectivity index (χ4v) is 5.89. The lowest BCUT2D eigenvalue weighted by molar-refractivity contribution is 0.879. The molecule has 1 aromatic rings. The van der Waals surface area contributed by atoms with Crippen molar-refractivity contribution >= 4 is 59.5 Å². The van der Waals surface area contributed by atoms with E-state index in [9.17, 15) is 0 Å². The van der Waals surface area contributed by atoms with Gasteiger partial charge in [-0.15, -0.1) is 0 Å². The van der Waals surface area contributed by atoms with Crippen molar-refractivity contribution in [1.29, 1.82) is 0 Å². The molecule has 5 nitrogen and oxygen atoms in total. The molecule has 1 rings (SSSR count). The molecule has 28 heavy (non-hydrogen) atoms. The van der Waals surface area contributed by atoms with Crippen LogP contribution < -0.4 is 8.43 Å². The molecule has 0 aromatic carbocycles. The molecule has 0 spiro atoms. The Morgan fingerprint density at radius 2 is 1.29 bits per heavy atom. The summed E-state index contributed by atoms with van der Waals surface area (Å²) in [5, 5.41) is 0.828. The number of nitrogens with one attached hydrogen (secondary N) is 1. The summed E-state index contributed by atoms with van der Waals surface area (Å²) in [4.78, 5) is 14.2. The van der Waals surface area contributed by atoms with Crippen molar-refractivity contribution in [3.8, 4) is 0 Å². The molecule has 1 N–H and O–H groups in total. The second-order valence-corrected chi connectivity index (χ2v) is 10.6. The number of thioether (sulfide) groups is 1. The van der Waals surface area contributed by atoms with Crippen LogP contribution in [-0.2, 0) is 0 Å². The molecule has 0 amide bonds. The van der Waals surface area contributed by atoms with E-state index in [0.29, 0.717) is 5.95 Å². The molecule has 0 unspecified atom stereocenters. The summed E-state index contributed by atoms with van der Waals surface area (Å²) >= 11 is 7.08. The lowest BCUT2D eigenvalue weighted by atomic mass is 10.4. The molecule has 0 aliphatic rings. The van der Waals surface area contributed by atoms with Gasteiger partial charge in [-0.2, -0.15) is 15.0 Å². The van der Waals surface area contributed by atoms with Gasteiger partial charge in [0.25, 0.3) is 5.95 Å². The number of aromatic nitrogens is 3. The number of nitrogens with zero attached hydrogens (tertiary/aromatic N) is 4. The Hall–Kier alpha value is 0.01000. The van der Waals surface area contributed by atoms with Gasteiger partial charge in [0.2, 0.25) is 5.95 Å². The maximum atomic E-state index is 4.78. The van der Waals surface area contributed by atoms with Gasteiger partial charge in [-0.3, -0.25) is 4.72 Å². The zero-order valence-electron chi connectivity index (χ0n) is 17.9.